The van der Waals surface area contributed by atoms with Crippen LogP contribution in [-0.2, 0) is 0 Å². The highest BCUT2D eigenvalue weighted by atomic mass is 32.1. The zero-order valence-electron chi connectivity index (χ0n) is 12.7. The Kier molecular flexibility index (Phi) is 7.82. The van der Waals surface area contributed by atoms with Gasteiger partial charge in [0.1, 0.15) is 5.00 Å². The molecule has 1 rings (SSSR count). The minimum atomic E-state index is -1.01. The highest BCUT2D eigenvalue weighted by molar-refractivity contribution is 7.15. The molecule has 21 heavy (non-hydrogen) atoms. The molecule has 0 fully saturated rings. The monoisotopic (exact) mass is 312 g/mol. The number of carboxylic acid groups (broad SMARTS) is 1. The molecule has 0 unspecified atom stereocenters. The van der Waals surface area contributed by atoms with Gasteiger partial charge in [0, 0.05) is 6.54 Å². The molecular weight excluding hydrogens is 288 g/mol. The van der Waals surface area contributed by atoms with Crippen LogP contribution in [0.25, 0.3) is 0 Å². The molecular formula is C15H24N2O3S. The molecule has 1 aromatic rings. The van der Waals surface area contributed by atoms with Crippen molar-refractivity contribution in [2.75, 3.05) is 11.9 Å². The van der Waals surface area contributed by atoms with Crippen molar-refractivity contribution in [2.24, 2.45) is 0 Å². The molecule has 0 aromatic carbocycles. The van der Waals surface area contributed by atoms with Crippen molar-refractivity contribution in [2.45, 2.75) is 52.4 Å². The molecule has 0 aliphatic rings. The van der Waals surface area contributed by atoms with Crippen molar-refractivity contribution in [1.29, 1.82) is 0 Å². The lowest BCUT2D eigenvalue weighted by Crippen LogP contribution is -2.29. The molecule has 0 saturated heterocycles. The maximum absolute atomic E-state index is 11.7. The summed E-state index contributed by atoms with van der Waals surface area (Å²) >= 11 is 1.23. The van der Waals surface area contributed by atoms with E-state index in [1.807, 2.05) is 0 Å². The van der Waals surface area contributed by atoms with Crippen LogP contribution in [0.3, 0.4) is 0 Å². The van der Waals surface area contributed by atoms with Crippen molar-refractivity contribution in [3.05, 3.63) is 16.5 Å². The molecule has 2 amide bonds. The van der Waals surface area contributed by atoms with E-state index in [0.717, 1.165) is 12.8 Å². The second-order valence-electron chi connectivity index (χ2n) is 5.08. The van der Waals surface area contributed by atoms with Gasteiger partial charge in [-0.2, -0.15) is 0 Å². The first-order valence-electron chi connectivity index (χ1n) is 7.42. The van der Waals surface area contributed by atoms with Crippen molar-refractivity contribution in [1.82, 2.24) is 5.32 Å². The van der Waals surface area contributed by atoms with Gasteiger partial charge in [0.2, 0.25) is 0 Å². The number of carbonyl (C=O) groups is 2. The van der Waals surface area contributed by atoms with Crippen LogP contribution >= 0.6 is 11.3 Å². The Morgan fingerprint density at radius 2 is 1.86 bits per heavy atom. The van der Waals surface area contributed by atoms with E-state index in [9.17, 15) is 9.59 Å². The Labute approximate surface area is 129 Å². The number of anilines is 1. The van der Waals surface area contributed by atoms with Crippen LogP contribution in [0.1, 0.15) is 61.4 Å². The molecule has 0 atom stereocenters. The Morgan fingerprint density at radius 1 is 1.19 bits per heavy atom. The summed E-state index contributed by atoms with van der Waals surface area (Å²) in [6, 6.07) is -0.340. The average Bonchev–Trinajstić information content (AvgIpc) is 2.78. The minimum absolute atomic E-state index is 0.176. The number of nitrogens with one attached hydrogen (secondary N) is 2. The number of hydrogen-bond donors (Lipinski definition) is 3. The predicted octanol–water partition coefficient (Wildman–Crippen LogP) is 4.24. The number of unbranched alkanes of at least 4 members (excludes halogenated alkanes) is 5. The van der Waals surface area contributed by atoms with Crippen LogP contribution in [0.2, 0.25) is 0 Å². The quantitative estimate of drug-likeness (QED) is 0.597. The average molecular weight is 312 g/mol. The number of carbonyl (C=O) groups excluding carboxylic acids is 1. The van der Waals surface area contributed by atoms with Gasteiger partial charge in [-0.25, -0.2) is 9.59 Å². The summed E-state index contributed by atoms with van der Waals surface area (Å²) in [5.74, 6) is -1.01. The van der Waals surface area contributed by atoms with E-state index in [-0.39, 0.29) is 11.6 Å². The SMILES string of the molecule is CCCCCCCCNC(=O)Nc1scc(C)c1C(=O)O. The van der Waals surface area contributed by atoms with E-state index in [2.05, 4.69) is 17.6 Å². The second-order valence-corrected chi connectivity index (χ2v) is 5.96. The number of aromatic carboxylic acids is 1. The van der Waals surface area contributed by atoms with Gasteiger partial charge in [0.15, 0.2) is 0 Å². The van der Waals surface area contributed by atoms with Gasteiger partial charge in [0.05, 0.1) is 5.56 Å². The van der Waals surface area contributed by atoms with Gasteiger partial charge < -0.3 is 10.4 Å². The number of aryl methyl sites for hydroxylation is 1. The molecule has 0 bridgehead atoms. The number of thiophene rings is 1. The maximum Gasteiger partial charge on any atom is 0.338 e. The molecule has 0 saturated carbocycles. The van der Waals surface area contributed by atoms with Gasteiger partial charge in [-0.05, 0) is 24.3 Å². The minimum Gasteiger partial charge on any atom is -0.478 e. The first-order valence-corrected chi connectivity index (χ1v) is 8.30. The number of amides is 2. The fourth-order valence-electron chi connectivity index (χ4n) is 2.06. The third-order valence-electron chi connectivity index (χ3n) is 3.23. The largest absolute Gasteiger partial charge is 0.478 e. The Balaban J connectivity index is 2.27. The lowest BCUT2D eigenvalue weighted by Gasteiger charge is -2.07. The first-order chi connectivity index (χ1) is 10.1. The lowest BCUT2D eigenvalue weighted by molar-refractivity contribution is 0.0698. The normalized spacial score (nSPS) is 10.4. The van der Waals surface area contributed by atoms with Crippen LogP contribution in [0.4, 0.5) is 9.80 Å². The Hall–Kier alpha value is -1.56. The molecule has 0 radical (unpaired) electrons. The van der Waals surface area contributed by atoms with Crippen molar-refractivity contribution >= 4 is 28.3 Å². The molecule has 1 heterocycles. The van der Waals surface area contributed by atoms with Gasteiger partial charge in [-0.15, -0.1) is 11.3 Å². The molecule has 0 aliphatic heterocycles. The van der Waals surface area contributed by atoms with Crippen LogP contribution in [-0.4, -0.2) is 23.7 Å². The van der Waals surface area contributed by atoms with E-state index < -0.39 is 5.97 Å². The predicted molar refractivity (Wildman–Crippen MR) is 86.4 cm³/mol. The Morgan fingerprint density at radius 3 is 2.52 bits per heavy atom. The third kappa shape index (κ3) is 6.16. The topological polar surface area (TPSA) is 78.4 Å². The zero-order chi connectivity index (χ0) is 15.7. The van der Waals surface area contributed by atoms with Crippen LogP contribution in [0.15, 0.2) is 5.38 Å². The van der Waals surface area contributed by atoms with E-state index >= 15 is 0 Å². The summed E-state index contributed by atoms with van der Waals surface area (Å²) in [7, 11) is 0. The fourth-order valence-corrected chi connectivity index (χ4v) is 2.99. The van der Waals surface area contributed by atoms with Gasteiger partial charge in [-0.3, -0.25) is 5.32 Å². The molecule has 6 heteroatoms. The number of carboxylic acids is 1. The summed E-state index contributed by atoms with van der Waals surface area (Å²) in [4.78, 5) is 22.8. The molecule has 3 N–H and O–H groups in total. The molecule has 1 aromatic heterocycles. The van der Waals surface area contributed by atoms with E-state index in [4.69, 9.17) is 5.11 Å². The maximum atomic E-state index is 11.7. The van der Waals surface area contributed by atoms with Crippen molar-refractivity contribution in [3.8, 4) is 0 Å². The summed E-state index contributed by atoms with van der Waals surface area (Å²) in [5.41, 5.74) is 0.841. The number of hydrogen-bond acceptors (Lipinski definition) is 3. The standard InChI is InChI=1S/C15H24N2O3S/c1-3-4-5-6-7-8-9-16-15(20)17-13-12(14(18)19)11(2)10-21-13/h10H,3-9H2,1-2H3,(H,18,19)(H2,16,17,20). The molecule has 118 valence electrons. The van der Waals surface area contributed by atoms with E-state index in [1.165, 1.54) is 37.0 Å². The van der Waals surface area contributed by atoms with Crippen LogP contribution in [0.5, 0.6) is 0 Å². The summed E-state index contributed by atoms with van der Waals surface area (Å²) < 4.78 is 0. The first kappa shape index (κ1) is 17.5. The summed E-state index contributed by atoms with van der Waals surface area (Å²) in [6.07, 6.45) is 7.01. The molecule has 0 aliphatic carbocycles. The molecule has 5 nitrogen and oxygen atoms in total. The lowest BCUT2D eigenvalue weighted by atomic mass is 10.1. The van der Waals surface area contributed by atoms with Crippen LogP contribution < -0.4 is 10.6 Å². The van der Waals surface area contributed by atoms with Gasteiger partial charge in [0.25, 0.3) is 0 Å². The van der Waals surface area contributed by atoms with Crippen molar-refractivity contribution < 1.29 is 14.7 Å². The smallest absolute Gasteiger partial charge is 0.338 e. The summed E-state index contributed by atoms with van der Waals surface area (Å²) in [5, 5.41) is 16.6. The number of urea groups is 1. The second kappa shape index (κ2) is 9.39. The van der Waals surface area contributed by atoms with E-state index in [0.29, 0.717) is 17.1 Å². The van der Waals surface area contributed by atoms with Gasteiger partial charge >= 0.3 is 12.0 Å². The summed E-state index contributed by atoms with van der Waals surface area (Å²) in [6.45, 7) is 4.52. The molecule has 0 spiro atoms. The fraction of sp³-hybridized carbons (Fsp3) is 0.600. The Bertz CT molecular complexity index is 471. The van der Waals surface area contributed by atoms with Crippen LogP contribution in [0, 0.1) is 6.92 Å². The highest BCUT2D eigenvalue weighted by Gasteiger charge is 2.17. The van der Waals surface area contributed by atoms with E-state index in [1.54, 1.807) is 12.3 Å². The van der Waals surface area contributed by atoms with Crippen molar-refractivity contribution in [3.63, 3.8) is 0 Å². The third-order valence-corrected chi connectivity index (χ3v) is 4.25. The van der Waals surface area contributed by atoms with Gasteiger partial charge in [-0.1, -0.05) is 39.0 Å². The zero-order valence-corrected chi connectivity index (χ0v) is 13.5. The highest BCUT2D eigenvalue weighted by Crippen LogP contribution is 2.27. The number of rotatable bonds is 9.